The van der Waals surface area contributed by atoms with Gasteiger partial charge in [-0.3, -0.25) is 9.59 Å². The Morgan fingerprint density at radius 2 is 1.18 bits per heavy atom. The molecule has 0 spiro atoms. The van der Waals surface area contributed by atoms with Gasteiger partial charge in [-0.2, -0.15) is 0 Å². The predicted molar refractivity (Wildman–Crippen MR) is 116 cm³/mol. The second-order valence-electron chi connectivity index (χ2n) is 9.58. The maximum Gasteiger partial charge on any atom is 0.311 e. The van der Waals surface area contributed by atoms with Crippen LogP contribution < -0.4 is 0 Å². The Bertz CT molecular complexity index is 413. The zero-order valence-electron chi connectivity index (χ0n) is 19.5. The van der Waals surface area contributed by atoms with Crippen LogP contribution in [0.25, 0.3) is 0 Å². The molecule has 0 unspecified atom stereocenters. The third kappa shape index (κ3) is 15.9. The van der Waals surface area contributed by atoms with Gasteiger partial charge in [0.1, 0.15) is 0 Å². The second-order valence-corrected chi connectivity index (χ2v) is 9.58. The highest BCUT2D eigenvalue weighted by Gasteiger charge is 2.28. The Morgan fingerprint density at radius 3 is 1.71 bits per heavy atom. The van der Waals surface area contributed by atoms with Crippen molar-refractivity contribution in [1.29, 1.82) is 0 Å². The molecule has 0 heterocycles. The van der Waals surface area contributed by atoms with Crippen molar-refractivity contribution in [3.05, 3.63) is 0 Å². The zero-order valence-corrected chi connectivity index (χ0v) is 19.5. The lowest BCUT2D eigenvalue weighted by Crippen LogP contribution is -2.27. The SMILES string of the molecule is CC(C)CCOC(=O)CCCCCCCCCC(C)(C)C(=O)OCCC(C)C. The summed E-state index contributed by atoms with van der Waals surface area (Å²) in [7, 11) is 0. The topological polar surface area (TPSA) is 52.6 Å². The first-order valence-corrected chi connectivity index (χ1v) is 11.5. The summed E-state index contributed by atoms with van der Waals surface area (Å²) in [6.45, 7) is 13.6. The van der Waals surface area contributed by atoms with Crippen LogP contribution in [0.1, 0.15) is 112 Å². The molecule has 0 saturated heterocycles. The third-order valence-corrected chi connectivity index (χ3v) is 5.12. The largest absolute Gasteiger partial charge is 0.466 e. The van der Waals surface area contributed by atoms with Crippen molar-refractivity contribution in [3.8, 4) is 0 Å². The van der Waals surface area contributed by atoms with E-state index in [1.54, 1.807) is 0 Å². The fraction of sp³-hybridized carbons (Fsp3) is 0.917. The number of ether oxygens (including phenoxy) is 2. The van der Waals surface area contributed by atoms with Crippen LogP contribution in [0, 0.1) is 17.3 Å². The van der Waals surface area contributed by atoms with Crippen molar-refractivity contribution in [2.24, 2.45) is 17.3 Å². The number of unbranched alkanes of at least 4 members (excludes halogenated alkanes) is 6. The Labute approximate surface area is 174 Å². The molecule has 28 heavy (non-hydrogen) atoms. The van der Waals surface area contributed by atoms with Crippen molar-refractivity contribution in [3.63, 3.8) is 0 Å². The van der Waals surface area contributed by atoms with Crippen molar-refractivity contribution in [2.75, 3.05) is 13.2 Å². The maximum atomic E-state index is 12.2. The second kappa shape index (κ2) is 15.8. The molecule has 0 bridgehead atoms. The van der Waals surface area contributed by atoms with E-state index in [2.05, 4.69) is 27.7 Å². The molecule has 0 aromatic rings. The van der Waals surface area contributed by atoms with Crippen LogP contribution >= 0.6 is 0 Å². The summed E-state index contributed by atoms with van der Waals surface area (Å²) in [4.78, 5) is 23.8. The molecule has 0 rings (SSSR count). The van der Waals surface area contributed by atoms with E-state index in [4.69, 9.17) is 9.47 Å². The average molecular weight is 399 g/mol. The normalized spacial score (nSPS) is 11.9. The van der Waals surface area contributed by atoms with Gasteiger partial charge in [0, 0.05) is 6.42 Å². The number of carbonyl (C=O) groups excluding carboxylic acids is 2. The van der Waals surface area contributed by atoms with E-state index in [0.717, 1.165) is 44.9 Å². The molecule has 0 aliphatic heterocycles. The minimum absolute atomic E-state index is 0.0526. The first-order valence-electron chi connectivity index (χ1n) is 11.5. The molecular weight excluding hydrogens is 352 g/mol. The van der Waals surface area contributed by atoms with Crippen LogP contribution in [0.3, 0.4) is 0 Å². The minimum atomic E-state index is -0.382. The Kier molecular flexibility index (Phi) is 15.2. The first-order chi connectivity index (χ1) is 13.1. The quantitative estimate of drug-likeness (QED) is 0.202. The lowest BCUT2D eigenvalue weighted by molar-refractivity contribution is -0.154. The van der Waals surface area contributed by atoms with Crippen LogP contribution in [0.2, 0.25) is 0 Å². The van der Waals surface area contributed by atoms with Gasteiger partial charge < -0.3 is 9.47 Å². The van der Waals surface area contributed by atoms with Crippen molar-refractivity contribution >= 4 is 11.9 Å². The average Bonchev–Trinajstić information content (AvgIpc) is 2.59. The molecule has 0 atom stereocenters. The number of rotatable bonds is 17. The lowest BCUT2D eigenvalue weighted by atomic mass is 9.87. The van der Waals surface area contributed by atoms with Crippen LogP contribution in [-0.2, 0) is 19.1 Å². The number of esters is 2. The molecule has 0 aliphatic carbocycles. The predicted octanol–water partition coefficient (Wildman–Crippen LogP) is 6.70. The van der Waals surface area contributed by atoms with E-state index in [1.165, 1.54) is 19.3 Å². The van der Waals surface area contributed by atoms with Crippen LogP contribution in [-0.4, -0.2) is 25.2 Å². The van der Waals surface area contributed by atoms with Gasteiger partial charge in [0.25, 0.3) is 0 Å². The Morgan fingerprint density at radius 1 is 0.714 bits per heavy atom. The van der Waals surface area contributed by atoms with Crippen LogP contribution in [0.15, 0.2) is 0 Å². The highest BCUT2D eigenvalue weighted by Crippen LogP contribution is 2.26. The first kappa shape index (κ1) is 26.9. The van der Waals surface area contributed by atoms with Gasteiger partial charge in [-0.05, 0) is 51.4 Å². The van der Waals surface area contributed by atoms with Gasteiger partial charge in [-0.25, -0.2) is 0 Å². The molecule has 0 saturated carbocycles. The summed E-state index contributed by atoms with van der Waals surface area (Å²) >= 11 is 0. The molecule has 166 valence electrons. The highest BCUT2D eigenvalue weighted by atomic mass is 16.5. The molecule has 0 aromatic heterocycles. The summed E-state index contributed by atoms with van der Waals surface area (Å²) in [5.41, 5.74) is -0.382. The molecule has 0 aromatic carbocycles. The van der Waals surface area contributed by atoms with Crippen LogP contribution in [0.5, 0.6) is 0 Å². The summed E-state index contributed by atoms with van der Waals surface area (Å²) in [5.74, 6) is 1.02. The fourth-order valence-corrected chi connectivity index (χ4v) is 2.89. The summed E-state index contributed by atoms with van der Waals surface area (Å²) in [6, 6.07) is 0. The molecular formula is C24H46O4. The summed E-state index contributed by atoms with van der Waals surface area (Å²) < 4.78 is 10.6. The van der Waals surface area contributed by atoms with Gasteiger partial charge in [0.05, 0.1) is 18.6 Å². The maximum absolute atomic E-state index is 12.2. The van der Waals surface area contributed by atoms with Crippen molar-refractivity contribution in [1.82, 2.24) is 0 Å². The van der Waals surface area contributed by atoms with E-state index in [1.807, 2.05) is 13.8 Å². The number of carbonyl (C=O) groups is 2. The minimum Gasteiger partial charge on any atom is -0.466 e. The van der Waals surface area contributed by atoms with E-state index in [0.29, 0.717) is 31.5 Å². The van der Waals surface area contributed by atoms with Gasteiger partial charge in [-0.1, -0.05) is 66.2 Å². The van der Waals surface area contributed by atoms with Crippen LogP contribution in [0.4, 0.5) is 0 Å². The molecule has 0 fully saturated rings. The van der Waals surface area contributed by atoms with E-state index >= 15 is 0 Å². The smallest absolute Gasteiger partial charge is 0.311 e. The third-order valence-electron chi connectivity index (χ3n) is 5.12. The zero-order chi connectivity index (χ0) is 21.4. The standard InChI is InChI=1S/C24H46O4/c1-20(2)15-18-27-22(25)14-12-10-8-7-9-11-13-17-24(5,6)23(26)28-19-16-21(3)4/h20-21H,7-19H2,1-6H3. The summed E-state index contributed by atoms with van der Waals surface area (Å²) in [5, 5.41) is 0. The number of hydrogen-bond acceptors (Lipinski definition) is 4. The molecule has 0 N–H and O–H groups in total. The van der Waals surface area contributed by atoms with E-state index in [9.17, 15) is 9.59 Å². The highest BCUT2D eigenvalue weighted by molar-refractivity contribution is 5.75. The lowest BCUT2D eigenvalue weighted by Gasteiger charge is -2.22. The number of hydrogen-bond donors (Lipinski definition) is 0. The Hall–Kier alpha value is -1.06. The van der Waals surface area contributed by atoms with E-state index < -0.39 is 0 Å². The molecule has 4 nitrogen and oxygen atoms in total. The van der Waals surface area contributed by atoms with Crippen molar-refractivity contribution in [2.45, 2.75) is 112 Å². The van der Waals surface area contributed by atoms with Gasteiger partial charge >= 0.3 is 11.9 Å². The summed E-state index contributed by atoms with van der Waals surface area (Å²) in [6.07, 6.45) is 11.1. The Balaban J connectivity index is 3.57. The molecule has 0 radical (unpaired) electrons. The van der Waals surface area contributed by atoms with E-state index in [-0.39, 0.29) is 17.4 Å². The fourth-order valence-electron chi connectivity index (χ4n) is 2.89. The van der Waals surface area contributed by atoms with Crippen molar-refractivity contribution < 1.29 is 19.1 Å². The van der Waals surface area contributed by atoms with Gasteiger partial charge in [-0.15, -0.1) is 0 Å². The molecule has 4 heteroatoms. The van der Waals surface area contributed by atoms with Gasteiger partial charge in [0.2, 0.25) is 0 Å². The monoisotopic (exact) mass is 398 g/mol. The van der Waals surface area contributed by atoms with Gasteiger partial charge in [0.15, 0.2) is 0 Å². The molecule has 0 aliphatic rings. The molecule has 0 amide bonds.